The number of likely N-dealkylation sites (N-methyl/N-ethyl adjacent to an activating group) is 1. The van der Waals surface area contributed by atoms with Crippen LogP contribution < -0.4 is 0 Å². The van der Waals surface area contributed by atoms with Gasteiger partial charge in [-0.2, -0.15) is 0 Å². The molecular weight excluding hydrogens is 280 g/mol. The molecule has 2 aromatic rings. The van der Waals surface area contributed by atoms with Crippen LogP contribution in [0.3, 0.4) is 0 Å². The van der Waals surface area contributed by atoms with Crippen LogP contribution >= 0.6 is 11.3 Å². The molecule has 21 heavy (non-hydrogen) atoms. The van der Waals surface area contributed by atoms with E-state index in [9.17, 15) is 5.11 Å². The fraction of sp³-hybridized carbons (Fsp3) is 0.529. The second-order valence-corrected chi connectivity index (χ2v) is 7.27. The Bertz CT molecular complexity index is 610. The molecule has 0 spiro atoms. The molecule has 1 aliphatic heterocycles. The third-order valence-electron chi connectivity index (χ3n) is 4.61. The average molecular weight is 304 g/mol. The van der Waals surface area contributed by atoms with E-state index in [4.69, 9.17) is 0 Å². The normalized spacial score (nSPS) is 21.2. The number of nitrogens with zero attached hydrogens (tertiary/aromatic N) is 2. The second kappa shape index (κ2) is 6.44. The highest BCUT2D eigenvalue weighted by atomic mass is 32.1. The van der Waals surface area contributed by atoms with Crippen LogP contribution in [0.25, 0.3) is 10.1 Å². The van der Waals surface area contributed by atoms with Crippen LogP contribution in [0.5, 0.6) is 0 Å². The molecule has 1 N–H and O–H groups in total. The minimum absolute atomic E-state index is 0.281. The summed E-state index contributed by atoms with van der Waals surface area (Å²) in [4.78, 5) is 6.36. The van der Waals surface area contributed by atoms with Gasteiger partial charge in [0.25, 0.3) is 0 Å². The van der Waals surface area contributed by atoms with E-state index in [-0.39, 0.29) is 6.61 Å². The molecule has 1 saturated heterocycles. The van der Waals surface area contributed by atoms with Crippen LogP contribution in [0, 0.1) is 6.92 Å². The van der Waals surface area contributed by atoms with E-state index in [0.29, 0.717) is 6.04 Å². The first-order valence-corrected chi connectivity index (χ1v) is 8.51. The number of thiophene rings is 1. The van der Waals surface area contributed by atoms with Crippen molar-refractivity contribution in [3.05, 3.63) is 34.7 Å². The molecular formula is C17H24N2OS. The first-order valence-electron chi connectivity index (χ1n) is 7.69. The summed E-state index contributed by atoms with van der Waals surface area (Å²) in [5.74, 6) is 0. The summed E-state index contributed by atoms with van der Waals surface area (Å²) in [5, 5.41) is 10.6. The smallest absolute Gasteiger partial charge is 0.0446 e. The third kappa shape index (κ3) is 3.14. The van der Waals surface area contributed by atoms with Gasteiger partial charge < -0.3 is 10.0 Å². The summed E-state index contributed by atoms with van der Waals surface area (Å²) in [5.41, 5.74) is 1.49. The highest BCUT2D eigenvalue weighted by Gasteiger charge is 2.24. The Morgan fingerprint density at radius 3 is 2.90 bits per heavy atom. The Morgan fingerprint density at radius 1 is 1.29 bits per heavy atom. The number of aryl methyl sites for hydroxylation is 1. The molecule has 2 heterocycles. The standard InChI is InChI=1S/C17H24N2OS/c1-13-16(15-5-3-4-6-17(15)21-13)12-19-9-8-18(2)14(11-19)7-10-20/h3-6,14,20H,7-12H2,1-2H3. The minimum atomic E-state index is 0.281. The minimum Gasteiger partial charge on any atom is -0.396 e. The van der Waals surface area contributed by atoms with Crippen molar-refractivity contribution in [2.24, 2.45) is 0 Å². The quantitative estimate of drug-likeness (QED) is 0.941. The van der Waals surface area contributed by atoms with E-state index in [0.717, 1.165) is 32.6 Å². The first kappa shape index (κ1) is 15.0. The van der Waals surface area contributed by atoms with Crippen molar-refractivity contribution in [2.45, 2.75) is 25.9 Å². The topological polar surface area (TPSA) is 26.7 Å². The zero-order valence-electron chi connectivity index (χ0n) is 12.9. The van der Waals surface area contributed by atoms with Crippen molar-refractivity contribution in [3.8, 4) is 0 Å². The summed E-state index contributed by atoms with van der Waals surface area (Å²) < 4.78 is 1.39. The lowest BCUT2D eigenvalue weighted by molar-refractivity contribution is 0.0745. The monoisotopic (exact) mass is 304 g/mol. The Balaban J connectivity index is 1.77. The molecule has 1 atom stereocenters. The molecule has 0 bridgehead atoms. The average Bonchev–Trinajstić information content (AvgIpc) is 2.79. The van der Waals surface area contributed by atoms with Gasteiger partial charge in [0, 0.05) is 48.4 Å². The predicted molar refractivity (Wildman–Crippen MR) is 90.0 cm³/mol. The van der Waals surface area contributed by atoms with E-state index in [1.54, 1.807) is 0 Å². The Morgan fingerprint density at radius 2 is 2.10 bits per heavy atom. The van der Waals surface area contributed by atoms with E-state index >= 15 is 0 Å². The van der Waals surface area contributed by atoms with Crippen LogP contribution in [-0.4, -0.2) is 54.2 Å². The molecule has 3 rings (SSSR count). The zero-order valence-corrected chi connectivity index (χ0v) is 13.7. The molecule has 0 saturated carbocycles. The number of aliphatic hydroxyl groups excluding tert-OH is 1. The van der Waals surface area contributed by atoms with Gasteiger partial charge in [-0.15, -0.1) is 11.3 Å². The van der Waals surface area contributed by atoms with Crippen LogP contribution in [0.2, 0.25) is 0 Å². The summed E-state index contributed by atoms with van der Waals surface area (Å²) in [7, 11) is 2.17. The van der Waals surface area contributed by atoms with Gasteiger partial charge in [-0.1, -0.05) is 18.2 Å². The van der Waals surface area contributed by atoms with Crippen LogP contribution in [0.4, 0.5) is 0 Å². The molecule has 1 aromatic carbocycles. The third-order valence-corrected chi connectivity index (χ3v) is 5.73. The van der Waals surface area contributed by atoms with Gasteiger partial charge in [0.1, 0.15) is 0 Å². The fourth-order valence-electron chi connectivity index (χ4n) is 3.26. The predicted octanol–water partition coefficient (Wildman–Crippen LogP) is 2.71. The van der Waals surface area contributed by atoms with E-state index in [2.05, 4.69) is 48.0 Å². The molecule has 3 nitrogen and oxygen atoms in total. The van der Waals surface area contributed by atoms with Gasteiger partial charge in [0.2, 0.25) is 0 Å². The Labute approximate surface area is 130 Å². The van der Waals surface area contributed by atoms with Crippen molar-refractivity contribution in [2.75, 3.05) is 33.3 Å². The fourth-order valence-corrected chi connectivity index (χ4v) is 4.33. The van der Waals surface area contributed by atoms with Crippen molar-refractivity contribution < 1.29 is 5.11 Å². The van der Waals surface area contributed by atoms with E-state index in [1.807, 2.05) is 11.3 Å². The lowest BCUT2D eigenvalue weighted by atomic mass is 10.1. The highest BCUT2D eigenvalue weighted by Crippen LogP contribution is 2.31. The number of benzene rings is 1. The number of hydrogen-bond donors (Lipinski definition) is 1. The molecule has 4 heteroatoms. The zero-order chi connectivity index (χ0) is 14.8. The second-order valence-electron chi connectivity index (χ2n) is 6.01. The summed E-state index contributed by atoms with van der Waals surface area (Å²) in [6.07, 6.45) is 0.871. The van der Waals surface area contributed by atoms with Gasteiger partial charge >= 0.3 is 0 Å². The van der Waals surface area contributed by atoms with Crippen LogP contribution in [0.15, 0.2) is 24.3 Å². The summed E-state index contributed by atoms with van der Waals surface area (Å²) >= 11 is 1.90. The molecule has 1 aromatic heterocycles. The Hall–Kier alpha value is -0.940. The van der Waals surface area contributed by atoms with Gasteiger partial charge in [0.15, 0.2) is 0 Å². The summed E-state index contributed by atoms with van der Waals surface area (Å²) in [6, 6.07) is 9.20. The van der Waals surface area contributed by atoms with Crippen molar-refractivity contribution >= 4 is 21.4 Å². The van der Waals surface area contributed by atoms with Crippen LogP contribution in [-0.2, 0) is 6.54 Å². The molecule has 0 radical (unpaired) electrons. The number of rotatable bonds is 4. The number of hydrogen-bond acceptors (Lipinski definition) is 4. The van der Waals surface area contributed by atoms with Crippen molar-refractivity contribution in [1.29, 1.82) is 0 Å². The molecule has 1 unspecified atom stereocenters. The maximum Gasteiger partial charge on any atom is 0.0446 e. The van der Waals surface area contributed by atoms with Crippen molar-refractivity contribution in [1.82, 2.24) is 9.80 Å². The molecule has 0 aliphatic carbocycles. The van der Waals surface area contributed by atoms with Gasteiger partial charge in [0.05, 0.1) is 0 Å². The lowest BCUT2D eigenvalue weighted by Crippen LogP contribution is -2.51. The number of piperazine rings is 1. The van der Waals surface area contributed by atoms with Gasteiger partial charge in [-0.3, -0.25) is 4.90 Å². The highest BCUT2D eigenvalue weighted by molar-refractivity contribution is 7.19. The van der Waals surface area contributed by atoms with Gasteiger partial charge in [-0.25, -0.2) is 0 Å². The number of fused-ring (bicyclic) bond motifs is 1. The SMILES string of the molecule is Cc1sc2ccccc2c1CN1CCN(C)C(CCO)C1. The molecule has 1 fully saturated rings. The Kier molecular flexibility index (Phi) is 4.60. The van der Waals surface area contributed by atoms with E-state index in [1.165, 1.54) is 20.5 Å². The molecule has 0 amide bonds. The number of aliphatic hydroxyl groups is 1. The molecule has 114 valence electrons. The van der Waals surface area contributed by atoms with Gasteiger partial charge in [-0.05, 0) is 37.4 Å². The molecule has 1 aliphatic rings. The first-order chi connectivity index (χ1) is 10.2. The summed E-state index contributed by atoms with van der Waals surface area (Å²) in [6.45, 7) is 6.81. The largest absolute Gasteiger partial charge is 0.396 e. The maximum absolute atomic E-state index is 9.22. The lowest BCUT2D eigenvalue weighted by Gasteiger charge is -2.39. The van der Waals surface area contributed by atoms with Crippen molar-refractivity contribution in [3.63, 3.8) is 0 Å². The maximum atomic E-state index is 9.22. The van der Waals surface area contributed by atoms with E-state index < -0.39 is 0 Å². The van der Waals surface area contributed by atoms with Crippen LogP contribution in [0.1, 0.15) is 16.9 Å².